The molecule has 1 N–H and O–H groups in total. The van der Waals surface area contributed by atoms with E-state index in [0.29, 0.717) is 23.4 Å². The fourth-order valence-corrected chi connectivity index (χ4v) is 1.79. The maximum atomic E-state index is 11.5. The number of esters is 1. The van der Waals surface area contributed by atoms with Gasteiger partial charge in [-0.05, 0) is 31.2 Å². The van der Waals surface area contributed by atoms with E-state index in [1.807, 2.05) is 0 Å². The van der Waals surface area contributed by atoms with Crippen LogP contribution in [-0.4, -0.2) is 28.6 Å². The van der Waals surface area contributed by atoms with E-state index in [4.69, 9.17) is 9.84 Å². The van der Waals surface area contributed by atoms with Gasteiger partial charge in [-0.15, -0.1) is 0 Å². The Bertz CT molecular complexity index is 635. The van der Waals surface area contributed by atoms with E-state index >= 15 is 0 Å². The summed E-state index contributed by atoms with van der Waals surface area (Å²) in [6, 6.07) is 9.55. The summed E-state index contributed by atoms with van der Waals surface area (Å²) in [6.07, 6.45) is 1.53. The highest BCUT2D eigenvalue weighted by Crippen LogP contribution is 2.21. The maximum absolute atomic E-state index is 11.5. The van der Waals surface area contributed by atoms with E-state index in [0.717, 1.165) is 0 Å². The summed E-state index contributed by atoms with van der Waals surface area (Å²) < 4.78 is 4.89. The molecule has 5 heteroatoms. The Hall–Kier alpha value is -2.69. The molecule has 0 unspecified atom stereocenters. The van der Waals surface area contributed by atoms with Gasteiger partial charge in [0.2, 0.25) is 0 Å². The minimum atomic E-state index is -1.04. The molecule has 1 aromatic carbocycles. The molecule has 102 valence electrons. The van der Waals surface area contributed by atoms with Crippen LogP contribution in [0.2, 0.25) is 0 Å². The Morgan fingerprint density at radius 3 is 2.50 bits per heavy atom. The second kappa shape index (κ2) is 5.97. The van der Waals surface area contributed by atoms with Crippen molar-refractivity contribution in [3.05, 3.63) is 53.7 Å². The zero-order valence-corrected chi connectivity index (χ0v) is 10.9. The summed E-state index contributed by atoms with van der Waals surface area (Å²) in [5, 5.41) is 9.13. The van der Waals surface area contributed by atoms with Crippen molar-refractivity contribution in [2.24, 2.45) is 0 Å². The number of pyridine rings is 1. The van der Waals surface area contributed by atoms with Crippen molar-refractivity contribution >= 4 is 11.9 Å². The van der Waals surface area contributed by atoms with Gasteiger partial charge >= 0.3 is 11.9 Å². The Morgan fingerprint density at radius 1 is 1.20 bits per heavy atom. The van der Waals surface area contributed by atoms with Crippen LogP contribution in [-0.2, 0) is 4.74 Å². The smallest absolute Gasteiger partial charge is 0.338 e. The van der Waals surface area contributed by atoms with Gasteiger partial charge in [0.15, 0.2) is 0 Å². The van der Waals surface area contributed by atoms with Crippen molar-refractivity contribution in [3.63, 3.8) is 0 Å². The van der Waals surface area contributed by atoms with Crippen LogP contribution in [0, 0.1) is 0 Å². The minimum absolute atomic E-state index is 0.122. The SMILES string of the molecule is CCOC(=O)c1ccc(-c2ncccc2C(=O)O)cc1. The molecular weight excluding hydrogens is 258 g/mol. The molecular formula is C15H13NO4. The molecule has 0 bridgehead atoms. The number of aromatic carboxylic acids is 1. The van der Waals surface area contributed by atoms with Gasteiger partial charge < -0.3 is 9.84 Å². The van der Waals surface area contributed by atoms with Crippen LogP contribution < -0.4 is 0 Å². The fourth-order valence-electron chi connectivity index (χ4n) is 1.79. The van der Waals surface area contributed by atoms with Gasteiger partial charge in [-0.25, -0.2) is 9.59 Å². The number of nitrogens with zero attached hydrogens (tertiary/aromatic N) is 1. The molecule has 0 aliphatic heterocycles. The van der Waals surface area contributed by atoms with Crippen LogP contribution in [0.1, 0.15) is 27.6 Å². The van der Waals surface area contributed by atoms with Crippen LogP contribution in [0.5, 0.6) is 0 Å². The Labute approximate surface area is 115 Å². The van der Waals surface area contributed by atoms with Crippen LogP contribution in [0.3, 0.4) is 0 Å². The number of hydrogen-bond donors (Lipinski definition) is 1. The lowest BCUT2D eigenvalue weighted by Crippen LogP contribution is -2.05. The first kappa shape index (κ1) is 13.7. The average Bonchev–Trinajstić information content (AvgIpc) is 2.47. The molecule has 0 radical (unpaired) electrons. The number of aromatic nitrogens is 1. The van der Waals surface area contributed by atoms with Crippen LogP contribution in [0.4, 0.5) is 0 Å². The Kier molecular flexibility index (Phi) is 4.10. The molecule has 2 aromatic rings. The lowest BCUT2D eigenvalue weighted by Gasteiger charge is -2.06. The molecule has 0 amide bonds. The second-order valence-electron chi connectivity index (χ2n) is 4.00. The Morgan fingerprint density at radius 2 is 1.90 bits per heavy atom. The van der Waals surface area contributed by atoms with E-state index < -0.39 is 11.9 Å². The Balaban J connectivity index is 2.36. The average molecular weight is 271 g/mol. The van der Waals surface area contributed by atoms with E-state index in [-0.39, 0.29) is 5.56 Å². The number of rotatable bonds is 4. The third kappa shape index (κ3) is 2.83. The minimum Gasteiger partial charge on any atom is -0.478 e. The van der Waals surface area contributed by atoms with Crippen molar-refractivity contribution < 1.29 is 19.4 Å². The molecule has 5 nitrogen and oxygen atoms in total. The number of benzene rings is 1. The molecule has 0 atom stereocenters. The quantitative estimate of drug-likeness (QED) is 0.865. The van der Waals surface area contributed by atoms with E-state index in [1.54, 1.807) is 37.3 Å². The molecule has 1 heterocycles. The van der Waals surface area contributed by atoms with Crippen LogP contribution in [0.15, 0.2) is 42.6 Å². The predicted molar refractivity (Wildman–Crippen MR) is 72.6 cm³/mol. The number of carboxylic acid groups (broad SMARTS) is 1. The summed E-state index contributed by atoms with van der Waals surface area (Å²) in [6.45, 7) is 2.04. The first-order chi connectivity index (χ1) is 9.63. The van der Waals surface area contributed by atoms with Gasteiger partial charge in [0.05, 0.1) is 23.4 Å². The first-order valence-corrected chi connectivity index (χ1v) is 6.09. The summed E-state index contributed by atoms with van der Waals surface area (Å²) in [5.74, 6) is -1.44. The number of hydrogen-bond acceptors (Lipinski definition) is 4. The molecule has 0 aliphatic rings. The van der Waals surface area contributed by atoms with Crippen molar-refractivity contribution in [3.8, 4) is 11.3 Å². The molecule has 0 saturated heterocycles. The van der Waals surface area contributed by atoms with E-state index in [9.17, 15) is 9.59 Å². The van der Waals surface area contributed by atoms with Gasteiger partial charge in [-0.1, -0.05) is 12.1 Å². The predicted octanol–water partition coefficient (Wildman–Crippen LogP) is 2.62. The highest BCUT2D eigenvalue weighted by atomic mass is 16.5. The number of carboxylic acids is 1. The number of ether oxygens (including phenoxy) is 1. The second-order valence-corrected chi connectivity index (χ2v) is 4.00. The van der Waals surface area contributed by atoms with E-state index in [1.165, 1.54) is 12.3 Å². The number of carbonyl (C=O) groups is 2. The van der Waals surface area contributed by atoms with E-state index in [2.05, 4.69) is 4.98 Å². The van der Waals surface area contributed by atoms with Gasteiger partial charge in [0, 0.05) is 11.8 Å². The fraction of sp³-hybridized carbons (Fsp3) is 0.133. The van der Waals surface area contributed by atoms with Crippen molar-refractivity contribution in [2.45, 2.75) is 6.92 Å². The molecule has 0 aliphatic carbocycles. The molecule has 0 saturated carbocycles. The topological polar surface area (TPSA) is 76.5 Å². The summed E-state index contributed by atoms with van der Waals surface area (Å²) in [5.41, 5.74) is 1.55. The standard InChI is InChI=1S/C15H13NO4/c1-2-20-15(19)11-7-5-10(6-8-11)13-12(14(17)18)4-3-9-16-13/h3-9H,2H2,1H3,(H,17,18). The number of carbonyl (C=O) groups excluding carboxylic acids is 1. The van der Waals surface area contributed by atoms with Crippen LogP contribution in [0.25, 0.3) is 11.3 Å². The van der Waals surface area contributed by atoms with Crippen molar-refractivity contribution in [1.82, 2.24) is 4.98 Å². The summed E-state index contributed by atoms with van der Waals surface area (Å²) >= 11 is 0. The summed E-state index contributed by atoms with van der Waals surface area (Å²) in [4.78, 5) is 26.8. The van der Waals surface area contributed by atoms with Gasteiger partial charge in [0.1, 0.15) is 0 Å². The largest absolute Gasteiger partial charge is 0.478 e. The van der Waals surface area contributed by atoms with Crippen molar-refractivity contribution in [2.75, 3.05) is 6.61 Å². The van der Waals surface area contributed by atoms with Gasteiger partial charge in [0.25, 0.3) is 0 Å². The molecule has 1 aromatic heterocycles. The van der Waals surface area contributed by atoms with Crippen LogP contribution >= 0.6 is 0 Å². The van der Waals surface area contributed by atoms with Gasteiger partial charge in [-0.3, -0.25) is 4.98 Å². The third-order valence-electron chi connectivity index (χ3n) is 2.71. The molecule has 0 fully saturated rings. The normalized spacial score (nSPS) is 10.1. The molecule has 0 spiro atoms. The zero-order chi connectivity index (χ0) is 14.5. The zero-order valence-electron chi connectivity index (χ0n) is 10.9. The highest BCUT2D eigenvalue weighted by Gasteiger charge is 2.13. The lowest BCUT2D eigenvalue weighted by molar-refractivity contribution is 0.0525. The lowest BCUT2D eigenvalue weighted by atomic mass is 10.0. The van der Waals surface area contributed by atoms with Gasteiger partial charge in [-0.2, -0.15) is 0 Å². The maximum Gasteiger partial charge on any atom is 0.338 e. The van der Waals surface area contributed by atoms with Crippen molar-refractivity contribution in [1.29, 1.82) is 0 Å². The first-order valence-electron chi connectivity index (χ1n) is 6.09. The molecule has 2 rings (SSSR count). The monoisotopic (exact) mass is 271 g/mol. The summed E-state index contributed by atoms with van der Waals surface area (Å²) in [7, 11) is 0. The highest BCUT2D eigenvalue weighted by molar-refractivity contribution is 5.95. The molecule has 20 heavy (non-hydrogen) atoms. The third-order valence-corrected chi connectivity index (χ3v) is 2.71.